The van der Waals surface area contributed by atoms with Crippen molar-refractivity contribution < 1.29 is 4.39 Å². The van der Waals surface area contributed by atoms with Crippen LogP contribution in [0.3, 0.4) is 0 Å². The number of hydrogen-bond donors (Lipinski definition) is 2. The Balaban J connectivity index is 1.85. The number of fused-ring (bicyclic) bond motifs is 1. The molecule has 0 unspecified atom stereocenters. The minimum atomic E-state index is -0.329. The summed E-state index contributed by atoms with van der Waals surface area (Å²) in [5, 5.41) is 3.97. The fourth-order valence-electron chi connectivity index (χ4n) is 1.74. The second-order valence-corrected chi connectivity index (χ2v) is 3.78. The maximum absolute atomic E-state index is 13.4. The van der Waals surface area contributed by atoms with Gasteiger partial charge in [0.1, 0.15) is 23.6 Å². The number of aromatic nitrogens is 4. The average molecular weight is 243 g/mol. The van der Waals surface area contributed by atoms with Gasteiger partial charge in [-0.1, -0.05) is 0 Å². The van der Waals surface area contributed by atoms with Crippen molar-refractivity contribution in [3.8, 4) is 0 Å². The lowest BCUT2D eigenvalue weighted by molar-refractivity contribution is 0.606. The van der Waals surface area contributed by atoms with Crippen LogP contribution in [0.15, 0.2) is 37.1 Å². The van der Waals surface area contributed by atoms with Gasteiger partial charge in [-0.15, -0.1) is 0 Å². The molecule has 3 aromatic rings. The summed E-state index contributed by atoms with van der Waals surface area (Å²) < 4.78 is 13.4. The molecule has 5 nitrogen and oxygen atoms in total. The van der Waals surface area contributed by atoms with Crippen LogP contribution in [0, 0.1) is 5.82 Å². The van der Waals surface area contributed by atoms with Crippen LogP contribution >= 0.6 is 0 Å². The van der Waals surface area contributed by atoms with Crippen molar-refractivity contribution in [2.45, 2.75) is 6.54 Å². The minimum Gasteiger partial charge on any atom is -0.365 e. The summed E-state index contributed by atoms with van der Waals surface area (Å²) >= 11 is 0. The normalized spacial score (nSPS) is 10.7. The Labute approximate surface area is 102 Å². The van der Waals surface area contributed by atoms with Crippen molar-refractivity contribution in [2.24, 2.45) is 0 Å². The van der Waals surface area contributed by atoms with E-state index in [9.17, 15) is 4.39 Å². The molecule has 0 atom stereocenters. The maximum atomic E-state index is 13.4. The van der Waals surface area contributed by atoms with Gasteiger partial charge in [-0.25, -0.2) is 14.4 Å². The first-order chi connectivity index (χ1) is 8.84. The lowest BCUT2D eigenvalue weighted by Crippen LogP contribution is -2.04. The van der Waals surface area contributed by atoms with Gasteiger partial charge in [0.15, 0.2) is 0 Å². The summed E-state index contributed by atoms with van der Waals surface area (Å²) in [6.45, 7) is 0.353. The molecule has 6 heteroatoms. The van der Waals surface area contributed by atoms with Crippen LogP contribution in [0.1, 0.15) is 5.56 Å². The lowest BCUT2D eigenvalue weighted by atomic mass is 10.2. The predicted octanol–water partition coefficient (Wildman–Crippen LogP) is 2.10. The van der Waals surface area contributed by atoms with E-state index in [1.54, 1.807) is 18.5 Å². The first-order valence-corrected chi connectivity index (χ1v) is 5.45. The van der Waals surface area contributed by atoms with E-state index in [1.165, 1.54) is 12.5 Å². The van der Waals surface area contributed by atoms with Crippen LogP contribution in [0.5, 0.6) is 0 Å². The summed E-state index contributed by atoms with van der Waals surface area (Å²) in [5.74, 6) is 0.349. The Bertz CT molecular complexity index is 679. The molecule has 90 valence electrons. The van der Waals surface area contributed by atoms with E-state index in [0.717, 1.165) is 11.0 Å². The van der Waals surface area contributed by atoms with Crippen molar-refractivity contribution in [3.63, 3.8) is 0 Å². The molecule has 0 aromatic carbocycles. The molecule has 0 aliphatic rings. The van der Waals surface area contributed by atoms with E-state index in [-0.39, 0.29) is 5.82 Å². The van der Waals surface area contributed by atoms with Crippen LogP contribution in [0.25, 0.3) is 11.0 Å². The van der Waals surface area contributed by atoms with E-state index in [4.69, 9.17) is 0 Å². The Morgan fingerprint density at radius 2 is 2.22 bits per heavy atom. The molecular formula is C12H10FN5. The van der Waals surface area contributed by atoms with Crippen molar-refractivity contribution in [1.82, 2.24) is 19.9 Å². The second kappa shape index (κ2) is 4.40. The smallest absolute Gasteiger partial charge is 0.146 e. The van der Waals surface area contributed by atoms with E-state index in [2.05, 4.69) is 25.3 Å². The molecular weight excluding hydrogens is 233 g/mol. The van der Waals surface area contributed by atoms with E-state index < -0.39 is 0 Å². The summed E-state index contributed by atoms with van der Waals surface area (Å²) in [6.07, 6.45) is 6.01. The third kappa shape index (κ3) is 1.88. The summed E-state index contributed by atoms with van der Waals surface area (Å²) in [5.41, 5.74) is 1.30. The van der Waals surface area contributed by atoms with Gasteiger partial charge in [-0.3, -0.25) is 4.98 Å². The van der Waals surface area contributed by atoms with Crippen LogP contribution in [0.4, 0.5) is 10.2 Å². The quantitative estimate of drug-likeness (QED) is 0.739. The zero-order valence-corrected chi connectivity index (χ0v) is 9.39. The highest BCUT2D eigenvalue weighted by molar-refractivity contribution is 5.86. The SMILES string of the molecule is Fc1cnccc1CNc1ncnc2[nH]ccc12. The topological polar surface area (TPSA) is 66.5 Å². The number of H-pyrrole nitrogens is 1. The number of nitrogens with one attached hydrogen (secondary N) is 2. The van der Waals surface area contributed by atoms with Crippen molar-refractivity contribution in [3.05, 3.63) is 48.4 Å². The first-order valence-electron chi connectivity index (χ1n) is 5.45. The van der Waals surface area contributed by atoms with Crippen molar-refractivity contribution in [2.75, 3.05) is 5.32 Å². The number of rotatable bonds is 3. The van der Waals surface area contributed by atoms with Gasteiger partial charge in [-0.2, -0.15) is 0 Å². The summed E-state index contributed by atoms with van der Waals surface area (Å²) in [6, 6.07) is 3.51. The Hall–Kier alpha value is -2.50. The predicted molar refractivity (Wildman–Crippen MR) is 65.4 cm³/mol. The molecule has 0 spiro atoms. The molecule has 0 fully saturated rings. The fourth-order valence-corrected chi connectivity index (χ4v) is 1.74. The second-order valence-electron chi connectivity index (χ2n) is 3.78. The molecule has 3 heterocycles. The van der Waals surface area contributed by atoms with Gasteiger partial charge in [0.05, 0.1) is 11.6 Å². The van der Waals surface area contributed by atoms with Gasteiger partial charge >= 0.3 is 0 Å². The minimum absolute atomic E-state index is 0.329. The molecule has 0 amide bonds. The van der Waals surface area contributed by atoms with Crippen molar-refractivity contribution >= 4 is 16.9 Å². The standard InChI is InChI=1S/C12H10FN5/c13-10-6-14-3-1-8(10)5-16-12-9-2-4-15-11(9)17-7-18-12/h1-4,6-7H,5H2,(H2,15,16,17,18). The van der Waals surface area contributed by atoms with Crippen LogP contribution in [-0.4, -0.2) is 19.9 Å². The van der Waals surface area contributed by atoms with Crippen LogP contribution in [0.2, 0.25) is 0 Å². The first kappa shape index (κ1) is 10.6. The molecule has 0 saturated carbocycles. The van der Waals surface area contributed by atoms with Crippen LogP contribution in [-0.2, 0) is 6.54 Å². The van der Waals surface area contributed by atoms with Gasteiger partial charge < -0.3 is 10.3 Å². The summed E-state index contributed by atoms with van der Waals surface area (Å²) in [7, 11) is 0. The highest BCUT2D eigenvalue weighted by Gasteiger charge is 2.05. The number of pyridine rings is 1. The van der Waals surface area contributed by atoms with Gasteiger partial charge in [0.25, 0.3) is 0 Å². The highest BCUT2D eigenvalue weighted by atomic mass is 19.1. The monoisotopic (exact) mass is 243 g/mol. The fraction of sp³-hybridized carbons (Fsp3) is 0.0833. The zero-order chi connectivity index (χ0) is 12.4. The molecule has 3 aromatic heterocycles. The molecule has 0 bridgehead atoms. The third-order valence-corrected chi connectivity index (χ3v) is 2.66. The van der Waals surface area contributed by atoms with Gasteiger partial charge in [0.2, 0.25) is 0 Å². The van der Waals surface area contributed by atoms with E-state index >= 15 is 0 Å². The van der Waals surface area contributed by atoms with E-state index in [1.807, 2.05) is 6.07 Å². The molecule has 0 aliphatic carbocycles. The average Bonchev–Trinajstić information content (AvgIpc) is 2.86. The maximum Gasteiger partial charge on any atom is 0.146 e. The Morgan fingerprint density at radius 3 is 3.11 bits per heavy atom. The summed E-state index contributed by atoms with van der Waals surface area (Å²) in [4.78, 5) is 14.9. The lowest BCUT2D eigenvalue weighted by Gasteiger charge is -2.06. The molecule has 0 aliphatic heterocycles. The molecule has 0 radical (unpaired) electrons. The largest absolute Gasteiger partial charge is 0.365 e. The van der Waals surface area contributed by atoms with Gasteiger partial charge in [-0.05, 0) is 12.1 Å². The molecule has 18 heavy (non-hydrogen) atoms. The third-order valence-electron chi connectivity index (χ3n) is 2.66. The number of aromatic amines is 1. The van der Waals surface area contributed by atoms with Crippen LogP contribution < -0.4 is 5.32 Å². The molecule has 0 saturated heterocycles. The molecule has 3 rings (SSSR count). The van der Waals surface area contributed by atoms with Gasteiger partial charge in [0, 0.05) is 24.5 Å². The highest BCUT2D eigenvalue weighted by Crippen LogP contribution is 2.18. The number of halogens is 1. The number of anilines is 1. The Morgan fingerprint density at radius 1 is 1.28 bits per heavy atom. The number of nitrogens with zero attached hydrogens (tertiary/aromatic N) is 3. The zero-order valence-electron chi connectivity index (χ0n) is 9.39. The molecule has 2 N–H and O–H groups in total. The van der Waals surface area contributed by atoms with Crippen molar-refractivity contribution in [1.29, 1.82) is 0 Å². The Kier molecular flexibility index (Phi) is 2.60. The van der Waals surface area contributed by atoms with E-state index in [0.29, 0.717) is 17.9 Å². The number of hydrogen-bond acceptors (Lipinski definition) is 4.